The van der Waals surface area contributed by atoms with E-state index in [4.69, 9.17) is 0 Å². The van der Waals surface area contributed by atoms with Crippen molar-refractivity contribution in [3.8, 4) is 0 Å². The Bertz CT molecular complexity index is 894. The Morgan fingerprint density at radius 1 is 0.615 bits per heavy atom. The van der Waals surface area contributed by atoms with Crippen LogP contribution in [0.2, 0.25) is 0 Å². The predicted octanol–water partition coefficient (Wildman–Crippen LogP) is 0.928. The van der Waals surface area contributed by atoms with Crippen LogP contribution in [-0.2, 0) is 0 Å². The summed E-state index contributed by atoms with van der Waals surface area (Å²) in [5.74, 6) is 0.212. The number of rotatable bonds is 5. The maximum Gasteiger partial charge on any atom is 0.140 e. The number of fused-ring (bicyclic) bond motifs is 2. The lowest BCUT2D eigenvalue weighted by atomic mass is 10.0. The number of aromatic nitrogens is 4. The van der Waals surface area contributed by atoms with E-state index in [0.29, 0.717) is 22.1 Å². The van der Waals surface area contributed by atoms with Gasteiger partial charge in [-0.1, -0.05) is 24.3 Å². The van der Waals surface area contributed by atoms with E-state index < -0.39 is 24.4 Å². The number of H-pyrrole nitrogens is 2. The third kappa shape index (κ3) is 2.85. The first-order chi connectivity index (χ1) is 12.5. The van der Waals surface area contributed by atoms with Gasteiger partial charge < -0.3 is 30.4 Å². The summed E-state index contributed by atoms with van der Waals surface area (Å²) in [5, 5.41) is 41.3. The van der Waals surface area contributed by atoms with Gasteiger partial charge in [0.15, 0.2) is 0 Å². The van der Waals surface area contributed by atoms with Crippen molar-refractivity contribution in [1.82, 2.24) is 19.9 Å². The SMILES string of the molecule is O[C@H]([C@H](O)[C@@H](O)c1nc2ccccc2[nH]1)[C@H](O)c1nc2ccccc2[nH]1. The van der Waals surface area contributed by atoms with Crippen LogP contribution < -0.4 is 0 Å². The van der Waals surface area contributed by atoms with Crippen LogP contribution in [0, 0.1) is 0 Å². The highest BCUT2D eigenvalue weighted by atomic mass is 16.4. The molecule has 4 rings (SSSR count). The summed E-state index contributed by atoms with van der Waals surface area (Å²) in [7, 11) is 0. The Morgan fingerprint density at radius 3 is 1.38 bits per heavy atom. The highest BCUT2D eigenvalue weighted by Crippen LogP contribution is 2.26. The van der Waals surface area contributed by atoms with Gasteiger partial charge in [0.1, 0.15) is 36.1 Å². The molecule has 4 atom stereocenters. The first-order valence-electron chi connectivity index (χ1n) is 8.16. The summed E-state index contributed by atoms with van der Waals surface area (Å²) in [5.41, 5.74) is 2.64. The third-order valence-corrected chi connectivity index (χ3v) is 4.37. The van der Waals surface area contributed by atoms with Crippen molar-refractivity contribution in [2.24, 2.45) is 0 Å². The zero-order chi connectivity index (χ0) is 18.3. The predicted molar refractivity (Wildman–Crippen MR) is 94.1 cm³/mol. The fraction of sp³-hybridized carbons (Fsp3) is 0.222. The number of benzene rings is 2. The fourth-order valence-corrected chi connectivity index (χ4v) is 2.92. The topological polar surface area (TPSA) is 138 Å². The summed E-state index contributed by atoms with van der Waals surface area (Å²) in [4.78, 5) is 14.2. The van der Waals surface area contributed by atoms with Crippen LogP contribution in [0.1, 0.15) is 23.9 Å². The van der Waals surface area contributed by atoms with Gasteiger partial charge >= 0.3 is 0 Å². The molecule has 0 spiro atoms. The van der Waals surface area contributed by atoms with Gasteiger partial charge in [0.25, 0.3) is 0 Å². The molecular weight excluding hydrogens is 336 g/mol. The molecule has 0 unspecified atom stereocenters. The number of para-hydroxylation sites is 4. The zero-order valence-corrected chi connectivity index (χ0v) is 13.6. The van der Waals surface area contributed by atoms with Crippen molar-refractivity contribution in [1.29, 1.82) is 0 Å². The van der Waals surface area contributed by atoms with Crippen molar-refractivity contribution in [2.45, 2.75) is 24.4 Å². The molecule has 0 aliphatic heterocycles. The largest absolute Gasteiger partial charge is 0.387 e. The molecule has 8 nitrogen and oxygen atoms in total. The fourth-order valence-electron chi connectivity index (χ4n) is 2.92. The number of hydrogen-bond donors (Lipinski definition) is 6. The lowest BCUT2D eigenvalue weighted by molar-refractivity contribution is -0.111. The smallest absolute Gasteiger partial charge is 0.140 e. The lowest BCUT2D eigenvalue weighted by Gasteiger charge is -2.24. The number of nitrogens with one attached hydrogen (secondary N) is 2. The summed E-state index contributed by atoms with van der Waals surface area (Å²) in [6.07, 6.45) is -6.34. The summed E-state index contributed by atoms with van der Waals surface area (Å²) >= 11 is 0. The maximum absolute atomic E-state index is 10.4. The molecule has 8 heteroatoms. The number of imidazole rings is 2. The van der Waals surface area contributed by atoms with Gasteiger partial charge in [-0.3, -0.25) is 0 Å². The number of hydrogen-bond acceptors (Lipinski definition) is 6. The minimum Gasteiger partial charge on any atom is -0.387 e. The Kier molecular flexibility index (Phi) is 4.17. The molecule has 0 bridgehead atoms. The highest BCUT2D eigenvalue weighted by molar-refractivity contribution is 5.75. The molecule has 0 aliphatic carbocycles. The average Bonchev–Trinajstić information content (AvgIpc) is 3.29. The minimum atomic E-state index is -1.67. The Balaban J connectivity index is 1.56. The van der Waals surface area contributed by atoms with Crippen LogP contribution in [-0.4, -0.2) is 52.6 Å². The Hall–Kier alpha value is -2.78. The van der Waals surface area contributed by atoms with E-state index in [0.717, 1.165) is 0 Å². The van der Waals surface area contributed by atoms with E-state index >= 15 is 0 Å². The lowest BCUT2D eigenvalue weighted by Crippen LogP contribution is -2.37. The molecule has 0 amide bonds. The van der Waals surface area contributed by atoms with E-state index in [-0.39, 0.29) is 11.6 Å². The molecule has 0 saturated carbocycles. The van der Waals surface area contributed by atoms with Crippen LogP contribution in [0.4, 0.5) is 0 Å². The molecule has 0 radical (unpaired) electrons. The van der Waals surface area contributed by atoms with Gasteiger partial charge in [-0.25, -0.2) is 9.97 Å². The minimum absolute atomic E-state index is 0.106. The van der Waals surface area contributed by atoms with Crippen molar-refractivity contribution in [2.75, 3.05) is 0 Å². The number of nitrogens with zero attached hydrogens (tertiary/aromatic N) is 2. The molecule has 26 heavy (non-hydrogen) atoms. The van der Waals surface area contributed by atoms with Crippen LogP contribution in [0.15, 0.2) is 48.5 Å². The molecule has 4 aromatic rings. The molecule has 0 fully saturated rings. The van der Waals surface area contributed by atoms with E-state index in [1.165, 1.54) is 0 Å². The highest BCUT2D eigenvalue weighted by Gasteiger charge is 2.35. The van der Waals surface area contributed by atoms with Crippen LogP contribution in [0.25, 0.3) is 22.1 Å². The van der Waals surface area contributed by atoms with Gasteiger partial charge in [-0.05, 0) is 24.3 Å². The molecule has 2 aromatic carbocycles. The molecule has 6 N–H and O–H groups in total. The molecule has 2 heterocycles. The van der Waals surface area contributed by atoms with Crippen molar-refractivity contribution < 1.29 is 20.4 Å². The van der Waals surface area contributed by atoms with Gasteiger partial charge in [0.05, 0.1) is 22.1 Å². The van der Waals surface area contributed by atoms with E-state index in [2.05, 4.69) is 19.9 Å². The number of aromatic amines is 2. The summed E-state index contributed by atoms with van der Waals surface area (Å²) in [6, 6.07) is 14.3. The first kappa shape index (κ1) is 16.7. The Morgan fingerprint density at radius 2 is 1.00 bits per heavy atom. The molecule has 0 aliphatic rings. The van der Waals surface area contributed by atoms with Gasteiger partial charge in [0.2, 0.25) is 0 Å². The number of aliphatic hydroxyl groups is 4. The Labute approximate surface area is 147 Å². The summed E-state index contributed by atoms with van der Waals surface area (Å²) < 4.78 is 0. The van der Waals surface area contributed by atoms with E-state index in [9.17, 15) is 20.4 Å². The molecule has 0 saturated heterocycles. The third-order valence-electron chi connectivity index (χ3n) is 4.37. The second-order valence-corrected chi connectivity index (χ2v) is 6.15. The monoisotopic (exact) mass is 354 g/mol. The molecule has 2 aromatic heterocycles. The quantitative estimate of drug-likeness (QED) is 0.315. The second-order valence-electron chi connectivity index (χ2n) is 6.15. The normalized spacial score (nSPS) is 16.6. The zero-order valence-electron chi connectivity index (χ0n) is 13.6. The van der Waals surface area contributed by atoms with E-state index in [1.54, 1.807) is 36.4 Å². The summed E-state index contributed by atoms with van der Waals surface area (Å²) in [6.45, 7) is 0. The standard InChI is InChI=1S/C18H18N4O4/c23-13(15(25)17-19-9-5-1-2-6-10(9)20-17)14(24)16(26)18-21-11-7-3-4-8-12(11)22-18/h1-8,13-16,23-26H,(H,19,20)(H,21,22)/t13-,14+,15+,16-. The van der Waals surface area contributed by atoms with Gasteiger partial charge in [-0.15, -0.1) is 0 Å². The van der Waals surface area contributed by atoms with Crippen LogP contribution in [0.5, 0.6) is 0 Å². The maximum atomic E-state index is 10.4. The first-order valence-corrected chi connectivity index (χ1v) is 8.16. The van der Waals surface area contributed by atoms with E-state index in [1.807, 2.05) is 12.1 Å². The second kappa shape index (κ2) is 6.50. The number of aliphatic hydroxyl groups excluding tert-OH is 4. The van der Waals surface area contributed by atoms with Crippen LogP contribution in [0.3, 0.4) is 0 Å². The van der Waals surface area contributed by atoms with Gasteiger partial charge in [-0.2, -0.15) is 0 Å². The van der Waals surface area contributed by atoms with Crippen LogP contribution >= 0.6 is 0 Å². The van der Waals surface area contributed by atoms with Gasteiger partial charge in [0, 0.05) is 0 Å². The van der Waals surface area contributed by atoms with Crippen molar-refractivity contribution >= 4 is 22.1 Å². The molecule has 134 valence electrons. The van der Waals surface area contributed by atoms with Crippen molar-refractivity contribution in [3.63, 3.8) is 0 Å². The molecular formula is C18H18N4O4. The average molecular weight is 354 g/mol. The van der Waals surface area contributed by atoms with Crippen molar-refractivity contribution in [3.05, 3.63) is 60.2 Å².